The molecule has 2 aliphatic heterocycles. The Morgan fingerprint density at radius 1 is 1.24 bits per heavy atom. The average molecular weight is 650 g/mol. The molecular weight excluding hydrogens is 613 g/mol. The number of benzene rings is 1. The van der Waals surface area contributed by atoms with Gasteiger partial charge in [0.1, 0.15) is 17.3 Å². The highest BCUT2D eigenvalue weighted by Crippen LogP contribution is 2.46. The van der Waals surface area contributed by atoms with Crippen LogP contribution in [0.2, 0.25) is 0 Å². The van der Waals surface area contributed by atoms with Crippen LogP contribution in [0, 0.1) is 22.6 Å². The lowest BCUT2D eigenvalue weighted by Crippen LogP contribution is -2.56. The van der Waals surface area contributed by atoms with Gasteiger partial charge in [0, 0.05) is 43.2 Å². The third-order valence-corrected chi connectivity index (χ3v) is 8.58. The van der Waals surface area contributed by atoms with E-state index in [1.807, 2.05) is 19.0 Å². The Labute approximate surface area is 264 Å². The van der Waals surface area contributed by atoms with Crippen LogP contribution in [0.4, 0.5) is 33.5 Å². The number of piperazine rings is 1. The molecule has 1 saturated carbocycles. The van der Waals surface area contributed by atoms with E-state index >= 15 is 4.39 Å². The zero-order valence-corrected chi connectivity index (χ0v) is 25.9. The van der Waals surface area contributed by atoms with Crippen molar-refractivity contribution < 1.29 is 36.2 Å². The van der Waals surface area contributed by atoms with Crippen molar-refractivity contribution in [2.24, 2.45) is 5.41 Å². The number of rotatable bonds is 10. The summed E-state index contributed by atoms with van der Waals surface area (Å²) in [5, 5.41) is 9.46. The summed E-state index contributed by atoms with van der Waals surface area (Å²) in [6.07, 6.45) is -2.92. The number of aromatic nitrogens is 2. The van der Waals surface area contributed by atoms with Crippen molar-refractivity contribution in [2.45, 2.75) is 57.6 Å². The molecule has 2 atom stereocenters. The minimum absolute atomic E-state index is 0.0564. The topological polar surface area (TPSA) is 98.1 Å². The summed E-state index contributed by atoms with van der Waals surface area (Å²) in [6, 6.07) is 4.24. The molecule has 0 N–H and O–H groups in total. The summed E-state index contributed by atoms with van der Waals surface area (Å²) >= 11 is 0. The number of alkyl halides is 3. The first kappa shape index (κ1) is 33.2. The fourth-order valence-electron chi connectivity index (χ4n) is 6.33. The molecule has 1 aliphatic carbocycles. The Morgan fingerprint density at radius 2 is 1.98 bits per heavy atom. The Balaban J connectivity index is 1.52. The Bertz CT molecular complexity index is 1530. The van der Waals surface area contributed by atoms with Crippen molar-refractivity contribution in [3.63, 3.8) is 0 Å². The number of nitrogens with zero attached hydrogens (tertiary/aromatic N) is 7. The van der Waals surface area contributed by atoms with Gasteiger partial charge >= 0.3 is 12.4 Å². The number of para-hydroxylation sites is 1. The van der Waals surface area contributed by atoms with Gasteiger partial charge in [0.25, 0.3) is 5.91 Å². The molecular formula is C31H36F5N7O3. The number of amides is 1. The predicted molar refractivity (Wildman–Crippen MR) is 158 cm³/mol. The molecule has 1 aromatic heterocycles. The number of anilines is 2. The van der Waals surface area contributed by atoms with Crippen molar-refractivity contribution >= 4 is 17.4 Å². The molecule has 1 aromatic carbocycles. The van der Waals surface area contributed by atoms with Crippen LogP contribution in [0.1, 0.15) is 37.4 Å². The molecule has 46 heavy (non-hydrogen) atoms. The predicted octanol–water partition coefficient (Wildman–Crippen LogP) is 4.60. The van der Waals surface area contributed by atoms with Gasteiger partial charge in [-0.3, -0.25) is 4.79 Å². The lowest BCUT2D eigenvalue weighted by molar-refractivity contribution is -0.274. The lowest BCUT2D eigenvalue weighted by Gasteiger charge is -2.43. The highest BCUT2D eigenvalue weighted by molar-refractivity contribution is 5.91. The second kappa shape index (κ2) is 12.9. The van der Waals surface area contributed by atoms with Crippen molar-refractivity contribution in [2.75, 3.05) is 56.7 Å². The maximum atomic E-state index is 15.2. The Hall–Kier alpha value is -4.19. The van der Waals surface area contributed by atoms with Gasteiger partial charge in [-0.25, -0.2) is 8.78 Å². The third kappa shape index (κ3) is 7.27. The zero-order valence-electron chi connectivity index (χ0n) is 25.9. The first-order chi connectivity index (χ1) is 21.7. The number of nitriles is 1. The highest BCUT2D eigenvalue weighted by Gasteiger charge is 2.44. The summed E-state index contributed by atoms with van der Waals surface area (Å²) in [4.78, 5) is 28.7. The van der Waals surface area contributed by atoms with Gasteiger partial charge in [-0.05, 0) is 52.4 Å². The van der Waals surface area contributed by atoms with Crippen molar-refractivity contribution in [3.8, 4) is 17.8 Å². The summed E-state index contributed by atoms with van der Waals surface area (Å²) in [7, 11) is 3.95. The van der Waals surface area contributed by atoms with Crippen LogP contribution in [-0.2, 0) is 17.8 Å². The van der Waals surface area contributed by atoms with Gasteiger partial charge in [0.2, 0.25) is 0 Å². The van der Waals surface area contributed by atoms with E-state index in [4.69, 9.17) is 9.72 Å². The first-order valence-electron chi connectivity index (χ1n) is 15.0. The smallest absolute Gasteiger partial charge is 0.463 e. The summed E-state index contributed by atoms with van der Waals surface area (Å²) in [6.45, 7) is 6.46. The molecule has 1 saturated heterocycles. The molecule has 1 unspecified atom stereocenters. The average Bonchev–Trinajstić information content (AvgIpc) is 3.73. The molecule has 3 heterocycles. The molecule has 1 amide bonds. The number of carbonyl (C=O) groups is 1. The minimum Gasteiger partial charge on any atom is -0.463 e. The Morgan fingerprint density at radius 3 is 2.61 bits per heavy atom. The molecule has 0 radical (unpaired) electrons. The molecule has 248 valence electrons. The van der Waals surface area contributed by atoms with E-state index in [1.54, 1.807) is 6.92 Å². The normalized spacial score (nSPS) is 20.7. The van der Waals surface area contributed by atoms with E-state index in [9.17, 15) is 27.6 Å². The van der Waals surface area contributed by atoms with Crippen molar-refractivity contribution in [3.05, 3.63) is 47.7 Å². The van der Waals surface area contributed by atoms with Gasteiger partial charge in [-0.1, -0.05) is 12.6 Å². The zero-order chi connectivity index (χ0) is 33.4. The molecule has 2 fully saturated rings. The molecule has 15 heteroatoms. The second-order valence-electron chi connectivity index (χ2n) is 12.5. The van der Waals surface area contributed by atoms with Gasteiger partial charge in [-0.15, -0.1) is 13.2 Å². The van der Waals surface area contributed by atoms with E-state index in [2.05, 4.69) is 27.3 Å². The van der Waals surface area contributed by atoms with Crippen molar-refractivity contribution in [1.82, 2.24) is 19.8 Å². The summed E-state index contributed by atoms with van der Waals surface area (Å²) in [5.41, 5.74) is 0.727. The maximum Gasteiger partial charge on any atom is 0.573 e. The van der Waals surface area contributed by atoms with E-state index in [1.165, 1.54) is 9.80 Å². The summed E-state index contributed by atoms with van der Waals surface area (Å²) in [5.74, 6) is -3.05. The highest BCUT2D eigenvalue weighted by atomic mass is 19.4. The van der Waals surface area contributed by atoms with Crippen LogP contribution >= 0.6 is 0 Å². The molecule has 0 bridgehead atoms. The van der Waals surface area contributed by atoms with Gasteiger partial charge < -0.3 is 29.1 Å². The molecule has 2 aromatic rings. The molecule has 10 nitrogen and oxygen atoms in total. The number of fused-ring (bicyclic) bond motifs is 1. The SMILES string of the molecule is C=C(F)C(=O)N1CCN(c2nc(OCC3(CN(C)C)CC3)nc3c2C[C@@H](C)N(c2c(F)cccc2OC(F)(F)F)C3)CC1CC#N. The molecule has 5 rings (SSSR count). The van der Waals surface area contributed by atoms with Crippen LogP contribution in [-0.4, -0.2) is 91.0 Å². The largest absolute Gasteiger partial charge is 0.573 e. The number of hydrogen-bond donors (Lipinski definition) is 0. The number of halogens is 5. The van der Waals surface area contributed by atoms with Crippen LogP contribution in [0.3, 0.4) is 0 Å². The lowest BCUT2D eigenvalue weighted by atomic mass is 9.97. The van der Waals surface area contributed by atoms with Crippen LogP contribution < -0.4 is 19.3 Å². The quantitative estimate of drug-likeness (QED) is 0.270. The monoisotopic (exact) mass is 649 g/mol. The van der Waals surface area contributed by atoms with Gasteiger partial charge in [0.15, 0.2) is 11.6 Å². The number of ether oxygens (including phenoxy) is 2. The van der Waals surface area contributed by atoms with Gasteiger partial charge in [0.05, 0.1) is 37.4 Å². The number of carbonyl (C=O) groups excluding carboxylic acids is 1. The standard InChI is InChI=1S/C31H36F5N7O3/c1-19-14-22-24(16-43(19)26-23(33)6-5-7-25(26)46-31(34,35)36)38-29(45-18-30(9-10-30)17-40(3)4)39-27(22)41-12-13-42(28(44)20(2)32)21(15-41)8-11-37/h5-7,19,21H,2,8-10,12-18H2,1,3-4H3/t19-,21?/m1/s1. The fraction of sp³-hybridized carbons (Fsp3) is 0.548. The maximum absolute atomic E-state index is 15.2. The van der Waals surface area contributed by atoms with Crippen LogP contribution in [0.25, 0.3) is 0 Å². The van der Waals surface area contributed by atoms with E-state index < -0.39 is 41.7 Å². The minimum atomic E-state index is -5.03. The van der Waals surface area contributed by atoms with E-state index in [0.717, 1.165) is 37.6 Å². The van der Waals surface area contributed by atoms with Crippen LogP contribution in [0.15, 0.2) is 30.6 Å². The second-order valence-corrected chi connectivity index (χ2v) is 12.5. The van der Waals surface area contributed by atoms with Gasteiger partial charge in [-0.2, -0.15) is 15.2 Å². The fourth-order valence-corrected chi connectivity index (χ4v) is 6.33. The third-order valence-electron chi connectivity index (χ3n) is 8.58. The van der Waals surface area contributed by atoms with E-state index in [0.29, 0.717) is 23.7 Å². The first-order valence-corrected chi connectivity index (χ1v) is 15.0. The van der Waals surface area contributed by atoms with Crippen molar-refractivity contribution in [1.29, 1.82) is 5.26 Å². The molecule has 3 aliphatic rings. The molecule has 0 spiro atoms. The Kier molecular flexibility index (Phi) is 9.30. The summed E-state index contributed by atoms with van der Waals surface area (Å²) < 4.78 is 79.1. The number of hydrogen-bond acceptors (Lipinski definition) is 9. The van der Waals surface area contributed by atoms with Crippen LogP contribution in [0.5, 0.6) is 11.8 Å². The van der Waals surface area contributed by atoms with E-state index in [-0.39, 0.29) is 56.1 Å².